The first-order chi connectivity index (χ1) is 12.2. The standard InChI is InChI=1S/C22H19N3/c1-15-12-13-18(14-16(15)2)23-22-20-11-7-6-10-19(20)21(24-25-22)17-8-4-3-5-9-17/h3-14H,1-2H3,(H,23,25). The Morgan fingerprint density at radius 3 is 2.16 bits per heavy atom. The molecule has 0 aliphatic rings. The molecule has 0 unspecified atom stereocenters. The molecule has 0 spiro atoms. The topological polar surface area (TPSA) is 37.8 Å². The Kier molecular flexibility index (Phi) is 3.90. The molecule has 25 heavy (non-hydrogen) atoms. The van der Waals surface area contributed by atoms with E-state index in [0.29, 0.717) is 0 Å². The van der Waals surface area contributed by atoms with Gasteiger partial charge in [-0.25, -0.2) is 0 Å². The zero-order valence-corrected chi connectivity index (χ0v) is 14.3. The zero-order valence-electron chi connectivity index (χ0n) is 14.3. The average Bonchev–Trinajstić information content (AvgIpc) is 2.66. The van der Waals surface area contributed by atoms with E-state index >= 15 is 0 Å². The predicted molar refractivity (Wildman–Crippen MR) is 104 cm³/mol. The highest BCUT2D eigenvalue weighted by Gasteiger charge is 2.11. The number of hydrogen-bond acceptors (Lipinski definition) is 3. The first-order valence-electron chi connectivity index (χ1n) is 8.37. The van der Waals surface area contributed by atoms with E-state index in [1.807, 2.05) is 30.3 Å². The van der Waals surface area contributed by atoms with E-state index in [0.717, 1.165) is 33.5 Å². The fourth-order valence-corrected chi connectivity index (χ4v) is 2.96. The summed E-state index contributed by atoms with van der Waals surface area (Å²) in [5.74, 6) is 0.776. The lowest BCUT2D eigenvalue weighted by Crippen LogP contribution is -1.99. The molecule has 0 bridgehead atoms. The van der Waals surface area contributed by atoms with Crippen molar-refractivity contribution < 1.29 is 0 Å². The number of benzene rings is 3. The van der Waals surface area contributed by atoms with Crippen LogP contribution in [-0.4, -0.2) is 10.2 Å². The van der Waals surface area contributed by atoms with Crippen LogP contribution in [0.5, 0.6) is 0 Å². The van der Waals surface area contributed by atoms with Gasteiger partial charge in [0.25, 0.3) is 0 Å². The smallest absolute Gasteiger partial charge is 0.161 e. The van der Waals surface area contributed by atoms with E-state index in [9.17, 15) is 0 Å². The van der Waals surface area contributed by atoms with Gasteiger partial charge in [-0.2, -0.15) is 0 Å². The summed E-state index contributed by atoms with van der Waals surface area (Å²) >= 11 is 0. The van der Waals surface area contributed by atoms with E-state index < -0.39 is 0 Å². The minimum atomic E-state index is 0.776. The van der Waals surface area contributed by atoms with Gasteiger partial charge in [0, 0.05) is 22.0 Å². The maximum atomic E-state index is 4.50. The van der Waals surface area contributed by atoms with E-state index in [2.05, 4.69) is 71.8 Å². The Balaban J connectivity index is 1.82. The predicted octanol–water partition coefficient (Wildman–Crippen LogP) is 5.66. The molecule has 0 atom stereocenters. The summed E-state index contributed by atoms with van der Waals surface area (Å²) in [6, 6.07) is 24.7. The second kappa shape index (κ2) is 6.36. The van der Waals surface area contributed by atoms with Crippen molar-refractivity contribution in [1.29, 1.82) is 0 Å². The summed E-state index contributed by atoms with van der Waals surface area (Å²) in [5.41, 5.74) is 5.53. The van der Waals surface area contributed by atoms with Crippen LogP contribution in [0.2, 0.25) is 0 Å². The normalized spacial score (nSPS) is 10.8. The quantitative estimate of drug-likeness (QED) is 0.528. The molecule has 0 saturated heterocycles. The zero-order chi connectivity index (χ0) is 17.2. The molecule has 122 valence electrons. The third kappa shape index (κ3) is 2.96. The summed E-state index contributed by atoms with van der Waals surface area (Å²) in [6.07, 6.45) is 0. The molecule has 0 aliphatic carbocycles. The number of anilines is 2. The Morgan fingerprint density at radius 1 is 0.680 bits per heavy atom. The largest absolute Gasteiger partial charge is 0.338 e. The van der Waals surface area contributed by atoms with E-state index in [1.54, 1.807) is 0 Å². The number of rotatable bonds is 3. The molecule has 0 saturated carbocycles. The molecule has 3 heteroatoms. The molecule has 0 fully saturated rings. The molecule has 3 nitrogen and oxygen atoms in total. The molecular weight excluding hydrogens is 306 g/mol. The van der Waals surface area contributed by atoms with Gasteiger partial charge in [0.2, 0.25) is 0 Å². The van der Waals surface area contributed by atoms with Crippen LogP contribution in [-0.2, 0) is 0 Å². The van der Waals surface area contributed by atoms with Gasteiger partial charge in [0.15, 0.2) is 5.82 Å². The molecular formula is C22H19N3. The first-order valence-corrected chi connectivity index (χ1v) is 8.37. The van der Waals surface area contributed by atoms with Crippen molar-refractivity contribution in [2.45, 2.75) is 13.8 Å². The molecule has 3 aromatic carbocycles. The summed E-state index contributed by atoms with van der Waals surface area (Å²) in [4.78, 5) is 0. The highest BCUT2D eigenvalue weighted by atomic mass is 15.2. The fourth-order valence-electron chi connectivity index (χ4n) is 2.96. The highest BCUT2D eigenvalue weighted by Crippen LogP contribution is 2.31. The Bertz CT molecular complexity index is 1040. The van der Waals surface area contributed by atoms with Crippen molar-refractivity contribution in [2.24, 2.45) is 0 Å². The van der Waals surface area contributed by atoms with E-state index in [-0.39, 0.29) is 0 Å². The first kappa shape index (κ1) is 15.3. The summed E-state index contributed by atoms with van der Waals surface area (Å²) in [5, 5.41) is 14.5. The van der Waals surface area contributed by atoms with Crippen molar-refractivity contribution in [3.63, 3.8) is 0 Å². The number of nitrogens with one attached hydrogen (secondary N) is 1. The molecule has 0 amide bonds. The molecule has 1 aromatic heterocycles. The van der Waals surface area contributed by atoms with Crippen molar-refractivity contribution >= 4 is 22.3 Å². The Labute approximate surface area is 147 Å². The van der Waals surface area contributed by atoms with Crippen LogP contribution >= 0.6 is 0 Å². The minimum Gasteiger partial charge on any atom is -0.338 e. The lowest BCUT2D eigenvalue weighted by molar-refractivity contribution is 1.06. The number of aryl methyl sites for hydroxylation is 2. The second-order valence-electron chi connectivity index (χ2n) is 6.23. The van der Waals surface area contributed by atoms with Gasteiger partial charge in [0.05, 0.1) is 0 Å². The lowest BCUT2D eigenvalue weighted by Gasteiger charge is -2.12. The number of nitrogens with zero attached hydrogens (tertiary/aromatic N) is 2. The second-order valence-corrected chi connectivity index (χ2v) is 6.23. The van der Waals surface area contributed by atoms with Gasteiger partial charge < -0.3 is 5.32 Å². The third-order valence-corrected chi connectivity index (χ3v) is 4.50. The maximum absolute atomic E-state index is 4.50. The van der Waals surface area contributed by atoms with Gasteiger partial charge in [-0.1, -0.05) is 60.7 Å². The Hall–Kier alpha value is -3.20. The van der Waals surface area contributed by atoms with E-state index in [1.165, 1.54) is 11.1 Å². The van der Waals surface area contributed by atoms with Crippen molar-refractivity contribution in [3.8, 4) is 11.3 Å². The van der Waals surface area contributed by atoms with Crippen LogP contribution in [0, 0.1) is 13.8 Å². The summed E-state index contributed by atoms with van der Waals surface area (Å²) in [6.45, 7) is 4.23. The van der Waals surface area contributed by atoms with Crippen molar-refractivity contribution in [3.05, 3.63) is 83.9 Å². The summed E-state index contributed by atoms with van der Waals surface area (Å²) < 4.78 is 0. The van der Waals surface area contributed by atoms with Crippen LogP contribution < -0.4 is 5.32 Å². The molecule has 0 aliphatic heterocycles. The molecule has 4 aromatic rings. The van der Waals surface area contributed by atoms with Gasteiger partial charge in [0.1, 0.15) is 5.69 Å². The molecule has 1 N–H and O–H groups in total. The van der Waals surface area contributed by atoms with Crippen LogP contribution in [0.3, 0.4) is 0 Å². The van der Waals surface area contributed by atoms with Gasteiger partial charge >= 0.3 is 0 Å². The van der Waals surface area contributed by atoms with Crippen LogP contribution in [0.15, 0.2) is 72.8 Å². The third-order valence-electron chi connectivity index (χ3n) is 4.50. The highest BCUT2D eigenvalue weighted by molar-refractivity contribution is 6.00. The van der Waals surface area contributed by atoms with Crippen LogP contribution in [0.4, 0.5) is 11.5 Å². The number of hydrogen-bond donors (Lipinski definition) is 1. The van der Waals surface area contributed by atoms with Crippen LogP contribution in [0.25, 0.3) is 22.0 Å². The fraction of sp³-hybridized carbons (Fsp3) is 0.0909. The Morgan fingerprint density at radius 2 is 1.40 bits per heavy atom. The summed E-state index contributed by atoms with van der Waals surface area (Å²) in [7, 11) is 0. The number of aromatic nitrogens is 2. The van der Waals surface area contributed by atoms with Gasteiger partial charge in [-0.15, -0.1) is 10.2 Å². The number of fused-ring (bicyclic) bond motifs is 1. The lowest BCUT2D eigenvalue weighted by atomic mass is 10.0. The van der Waals surface area contributed by atoms with Crippen LogP contribution in [0.1, 0.15) is 11.1 Å². The molecule has 1 heterocycles. The van der Waals surface area contributed by atoms with Gasteiger partial charge in [-0.3, -0.25) is 0 Å². The maximum Gasteiger partial charge on any atom is 0.161 e. The minimum absolute atomic E-state index is 0.776. The molecule has 0 radical (unpaired) electrons. The molecule has 4 rings (SSSR count). The monoisotopic (exact) mass is 325 g/mol. The van der Waals surface area contributed by atoms with Crippen molar-refractivity contribution in [1.82, 2.24) is 10.2 Å². The average molecular weight is 325 g/mol. The van der Waals surface area contributed by atoms with Crippen molar-refractivity contribution in [2.75, 3.05) is 5.32 Å². The SMILES string of the molecule is Cc1ccc(Nc2nnc(-c3ccccc3)c3ccccc23)cc1C. The van der Waals surface area contributed by atoms with E-state index in [4.69, 9.17) is 0 Å². The van der Waals surface area contributed by atoms with Gasteiger partial charge in [-0.05, 0) is 37.1 Å².